The molecule has 0 aromatic heterocycles. The van der Waals surface area contributed by atoms with E-state index in [9.17, 15) is 4.79 Å². The number of amides is 1. The summed E-state index contributed by atoms with van der Waals surface area (Å²) in [6.45, 7) is 6.83. The fourth-order valence-electron chi connectivity index (χ4n) is 3.21. The predicted octanol–water partition coefficient (Wildman–Crippen LogP) is 2.21. The zero-order valence-corrected chi connectivity index (χ0v) is 14.7. The van der Waals surface area contributed by atoms with Gasteiger partial charge in [-0.2, -0.15) is 0 Å². The van der Waals surface area contributed by atoms with E-state index in [0.29, 0.717) is 23.8 Å². The van der Waals surface area contributed by atoms with Crippen LogP contribution in [0.25, 0.3) is 0 Å². The number of nitrogens with one attached hydrogen (secondary N) is 1. The van der Waals surface area contributed by atoms with Crippen LogP contribution in [0.3, 0.4) is 0 Å². The molecule has 1 amide bonds. The lowest BCUT2D eigenvalue weighted by atomic mass is 10.1. The third kappa shape index (κ3) is 4.51. The van der Waals surface area contributed by atoms with Gasteiger partial charge in [0, 0.05) is 55.7 Å². The van der Waals surface area contributed by atoms with E-state index < -0.39 is 0 Å². The molecule has 132 valence electrons. The maximum atomic E-state index is 12.2. The molecule has 3 rings (SSSR count). The molecule has 1 atom stereocenters. The number of hydrogen-bond acceptors (Lipinski definition) is 4. The van der Waals surface area contributed by atoms with Crippen molar-refractivity contribution in [3.8, 4) is 0 Å². The van der Waals surface area contributed by atoms with Gasteiger partial charge in [-0.15, -0.1) is 0 Å². The number of nitrogens with two attached hydrogens (primary N) is 1. The van der Waals surface area contributed by atoms with Crippen LogP contribution in [0.4, 0.5) is 11.4 Å². The van der Waals surface area contributed by atoms with Gasteiger partial charge in [0.05, 0.1) is 0 Å². The Labute approximate surface area is 149 Å². The Morgan fingerprint density at radius 2 is 1.80 bits per heavy atom. The summed E-state index contributed by atoms with van der Waals surface area (Å²) in [7, 11) is 0. The highest BCUT2D eigenvalue weighted by Crippen LogP contribution is 2.16. The van der Waals surface area contributed by atoms with Crippen LogP contribution in [0.1, 0.15) is 17.3 Å². The number of nitrogen functional groups attached to an aromatic ring is 1. The average molecular weight is 338 g/mol. The molecule has 3 N–H and O–H groups in total. The normalized spacial score (nSPS) is 16.4. The molecular weight excluding hydrogens is 312 g/mol. The van der Waals surface area contributed by atoms with Gasteiger partial charge in [0.15, 0.2) is 0 Å². The molecule has 1 saturated heterocycles. The Bertz CT molecular complexity index is 696. The number of hydrogen-bond donors (Lipinski definition) is 2. The summed E-state index contributed by atoms with van der Waals surface area (Å²) >= 11 is 0. The minimum absolute atomic E-state index is 0.0675. The Morgan fingerprint density at radius 1 is 1.08 bits per heavy atom. The largest absolute Gasteiger partial charge is 0.399 e. The average Bonchev–Trinajstić information content (AvgIpc) is 2.66. The third-order valence-corrected chi connectivity index (χ3v) is 4.77. The molecule has 0 radical (unpaired) electrons. The molecular formula is C20H26N4O. The van der Waals surface area contributed by atoms with Gasteiger partial charge >= 0.3 is 0 Å². The van der Waals surface area contributed by atoms with Gasteiger partial charge in [-0.1, -0.05) is 24.3 Å². The van der Waals surface area contributed by atoms with Crippen LogP contribution < -0.4 is 16.0 Å². The summed E-state index contributed by atoms with van der Waals surface area (Å²) in [5.74, 6) is -0.0675. The number of anilines is 2. The predicted molar refractivity (Wildman–Crippen MR) is 103 cm³/mol. The molecule has 2 aromatic rings. The molecule has 5 nitrogen and oxygen atoms in total. The minimum atomic E-state index is -0.0675. The maximum absolute atomic E-state index is 12.2. The van der Waals surface area contributed by atoms with Crippen molar-refractivity contribution in [1.29, 1.82) is 0 Å². The number of carbonyl (C=O) groups excluding carboxylic acids is 1. The molecule has 1 unspecified atom stereocenters. The molecule has 1 heterocycles. The standard InChI is InChI=1S/C20H26N4O/c1-16(15-22-20(25)17-6-5-7-18(21)14-17)23-10-12-24(13-11-23)19-8-3-2-4-9-19/h2-9,14,16H,10-13,15,21H2,1H3,(H,22,25). The van der Waals surface area contributed by atoms with Crippen molar-refractivity contribution in [3.05, 3.63) is 60.2 Å². The van der Waals surface area contributed by atoms with Crippen molar-refractivity contribution in [2.45, 2.75) is 13.0 Å². The number of carbonyl (C=O) groups is 1. The number of benzene rings is 2. The summed E-state index contributed by atoms with van der Waals surface area (Å²) in [6, 6.07) is 17.9. The van der Waals surface area contributed by atoms with E-state index >= 15 is 0 Å². The Hall–Kier alpha value is -2.53. The van der Waals surface area contributed by atoms with Gasteiger partial charge in [-0.05, 0) is 37.3 Å². The number of para-hydroxylation sites is 1. The van der Waals surface area contributed by atoms with E-state index in [4.69, 9.17) is 5.73 Å². The molecule has 0 spiro atoms. The second kappa shape index (κ2) is 8.03. The summed E-state index contributed by atoms with van der Waals surface area (Å²) < 4.78 is 0. The zero-order chi connectivity index (χ0) is 17.6. The zero-order valence-electron chi connectivity index (χ0n) is 14.7. The van der Waals surface area contributed by atoms with Crippen LogP contribution in [-0.4, -0.2) is 49.6 Å². The Kier molecular flexibility index (Phi) is 5.56. The Morgan fingerprint density at radius 3 is 2.48 bits per heavy atom. The third-order valence-electron chi connectivity index (χ3n) is 4.77. The van der Waals surface area contributed by atoms with E-state index in [1.54, 1.807) is 24.3 Å². The quantitative estimate of drug-likeness (QED) is 0.821. The molecule has 1 aliphatic heterocycles. The maximum Gasteiger partial charge on any atom is 0.251 e. The fourth-order valence-corrected chi connectivity index (χ4v) is 3.21. The van der Waals surface area contributed by atoms with Crippen molar-refractivity contribution in [1.82, 2.24) is 10.2 Å². The van der Waals surface area contributed by atoms with E-state index in [2.05, 4.69) is 46.3 Å². The molecule has 1 aliphatic rings. The molecule has 5 heteroatoms. The van der Waals surface area contributed by atoms with Crippen LogP contribution in [0, 0.1) is 0 Å². The van der Waals surface area contributed by atoms with Gasteiger partial charge in [0.1, 0.15) is 0 Å². The highest BCUT2D eigenvalue weighted by molar-refractivity contribution is 5.94. The molecule has 0 bridgehead atoms. The van der Waals surface area contributed by atoms with Crippen molar-refractivity contribution < 1.29 is 4.79 Å². The Balaban J connectivity index is 1.46. The minimum Gasteiger partial charge on any atom is -0.399 e. The van der Waals surface area contributed by atoms with Crippen LogP contribution in [0.2, 0.25) is 0 Å². The van der Waals surface area contributed by atoms with Gasteiger partial charge in [-0.25, -0.2) is 0 Å². The first-order valence-corrected chi connectivity index (χ1v) is 8.81. The lowest BCUT2D eigenvalue weighted by molar-refractivity contribution is 0.0934. The first-order chi connectivity index (χ1) is 12.1. The van der Waals surface area contributed by atoms with Crippen LogP contribution in [0.5, 0.6) is 0 Å². The summed E-state index contributed by atoms with van der Waals surface area (Å²) in [4.78, 5) is 17.1. The topological polar surface area (TPSA) is 61.6 Å². The van der Waals surface area contributed by atoms with Crippen LogP contribution >= 0.6 is 0 Å². The van der Waals surface area contributed by atoms with Crippen molar-refractivity contribution in [2.75, 3.05) is 43.4 Å². The van der Waals surface area contributed by atoms with Crippen molar-refractivity contribution in [2.24, 2.45) is 0 Å². The fraction of sp³-hybridized carbons (Fsp3) is 0.350. The second-order valence-electron chi connectivity index (χ2n) is 6.54. The van der Waals surface area contributed by atoms with Crippen molar-refractivity contribution in [3.63, 3.8) is 0 Å². The second-order valence-corrected chi connectivity index (χ2v) is 6.54. The van der Waals surface area contributed by atoms with Gasteiger partial charge in [-0.3, -0.25) is 9.69 Å². The summed E-state index contributed by atoms with van der Waals surface area (Å²) in [5, 5.41) is 3.02. The summed E-state index contributed by atoms with van der Waals surface area (Å²) in [5.41, 5.74) is 8.24. The molecule has 2 aromatic carbocycles. The number of piperazine rings is 1. The smallest absolute Gasteiger partial charge is 0.251 e. The number of nitrogens with zero attached hydrogens (tertiary/aromatic N) is 2. The van der Waals surface area contributed by atoms with Gasteiger partial charge in [0.25, 0.3) is 5.91 Å². The van der Waals surface area contributed by atoms with E-state index in [1.807, 2.05) is 6.07 Å². The lowest BCUT2D eigenvalue weighted by Gasteiger charge is -2.39. The highest BCUT2D eigenvalue weighted by atomic mass is 16.1. The van der Waals surface area contributed by atoms with Crippen LogP contribution in [0.15, 0.2) is 54.6 Å². The molecule has 25 heavy (non-hydrogen) atoms. The van der Waals surface area contributed by atoms with Crippen molar-refractivity contribution >= 4 is 17.3 Å². The summed E-state index contributed by atoms with van der Waals surface area (Å²) in [6.07, 6.45) is 0. The monoisotopic (exact) mass is 338 g/mol. The first kappa shape index (κ1) is 17.3. The van der Waals surface area contributed by atoms with E-state index in [1.165, 1.54) is 5.69 Å². The number of rotatable bonds is 5. The van der Waals surface area contributed by atoms with Crippen LogP contribution in [-0.2, 0) is 0 Å². The van der Waals surface area contributed by atoms with Gasteiger partial charge in [0.2, 0.25) is 0 Å². The molecule has 0 saturated carbocycles. The SMILES string of the molecule is CC(CNC(=O)c1cccc(N)c1)N1CCN(c2ccccc2)CC1. The first-order valence-electron chi connectivity index (χ1n) is 8.81. The van der Waals surface area contributed by atoms with E-state index in [-0.39, 0.29) is 5.91 Å². The molecule has 1 fully saturated rings. The van der Waals surface area contributed by atoms with Gasteiger partial charge < -0.3 is 16.0 Å². The molecule has 0 aliphatic carbocycles. The highest BCUT2D eigenvalue weighted by Gasteiger charge is 2.21. The van der Waals surface area contributed by atoms with E-state index in [0.717, 1.165) is 26.2 Å². The lowest BCUT2D eigenvalue weighted by Crippen LogP contribution is -2.52.